The maximum atomic E-state index is 13.0. The van der Waals surface area contributed by atoms with Gasteiger partial charge in [-0.05, 0) is 44.9 Å². The molecule has 0 aliphatic carbocycles. The summed E-state index contributed by atoms with van der Waals surface area (Å²) in [4.78, 5) is 13.0. The second-order valence-electron chi connectivity index (χ2n) is 18.7. The van der Waals surface area contributed by atoms with Crippen LogP contribution in [0.5, 0.6) is 0 Å². The third kappa shape index (κ3) is 33.2. The van der Waals surface area contributed by atoms with E-state index in [1.807, 2.05) is 6.08 Å². The molecule has 0 saturated carbocycles. The molecule has 1 amide bonds. The number of hydrogen-bond acceptors (Lipinski definition) is 8. The van der Waals surface area contributed by atoms with Crippen LogP contribution in [0.4, 0.5) is 0 Å². The molecule has 1 rings (SSSR count). The van der Waals surface area contributed by atoms with Gasteiger partial charge in [0.2, 0.25) is 5.91 Å². The van der Waals surface area contributed by atoms with E-state index < -0.39 is 49.5 Å². The number of amides is 1. The zero-order valence-electron chi connectivity index (χ0n) is 40.4. The Bertz CT molecular complexity index is 1020. The highest BCUT2D eigenvalue weighted by molar-refractivity contribution is 5.76. The fourth-order valence-corrected chi connectivity index (χ4v) is 8.51. The van der Waals surface area contributed by atoms with Crippen LogP contribution in [0.2, 0.25) is 0 Å². The molecule has 1 aliphatic heterocycles. The highest BCUT2D eigenvalue weighted by atomic mass is 16.7. The molecule has 0 spiro atoms. The van der Waals surface area contributed by atoms with Crippen LogP contribution in [0, 0.1) is 0 Å². The van der Waals surface area contributed by atoms with Crippen LogP contribution in [0.15, 0.2) is 24.3 Å². The fourth-order valence-electron chi connectivity index (χ4n) is 8.51. The van der Waals surface area contributed by atoms with Gasteiger partial charge in [0.1, 0.15) is 24.4 Å². The predicted molar refractivity (Wildman–Crippen MR) is 258 cm³/mol. The number of aliphatic hydroxyl groups excluding tert-OH is 5. The first kappa shape index (κ1) is 58.7. The van der Waals surface area contributed by atoms with E-state index in [4.69, 9.17) is 9.47 Å². The van der Waals surface area contributed by atoms with Gasteiger partial charge < -0.3 is 40.3 Å². The predicted octanol–water partition coefficient (Wildman–Crippen LogP) is 12.2. The van der Waals surface area contributed by atoms with E-state index in [9.17, 15) is 30.3 Å². The number of hydrogen-bond donors (Lipinski definition) is 6. The molecule has 366 valence electrons. The van der Waals surface area contributed by atoms with Gasteiger partial charge in [-0.3, -0.25) is 4.79 Å². The lowest BCUT2D eigenvalue weighted by Gasteiger charge is -2.40. The van der Waals surface area contributed by atoms with Gasteiger partial charge in [0.05, 0.1) is 25.4 Å². The lowest BCUT2D eigenvalue weighted by Crippen LogP contribution is -2.60. The van der Waals surface area contributed by atoms with Crippen molar-refractivity contribution in [2.75, 3.05) is 13.2 Å². The average molecular weight is 880 g/mol. The van der Waals surface area contributed by atoms with Crippen molar-refractivity contribution in [2.24, 2.45) is 0 Å². The Morgan fingerprint density at radius 2 is 0.903 bits per heavy atom. The maximum Gasteiger partial charge on any atom is 0.220 e. The SMILES string of the molecule is CCCCCCCC/C=C/CCCCCCCCCCCCCCCC(=O)N[C@@H](CO[C@H]1O[C@@H](CO)[C@H](O)C(O)C1O)[C@H](O)/C=C/CCCCCCCCCCCCCCCC. The van der Waals surface area contributed by atoms with E-state index in [2.05, 4.69) is 31.3 Å². The monoisotopic (exact) mass is 880 g/mol. The number of ether oxygens (including phenoxy) is 2. The van der Waals surface area contributed by atoms with Crippen LogP contribution in [0.3, 0.4) is 0 Å². The van der Waals surface area contributed by atoms with E-state index in [1.54, 1.807) is 6.08 Å². The Hall–Kier alpha value is -1.33. The third-order valence-electron chi connectivity index (χ3n) is 12.8. The first-order valence-corrected chi connectivity index (χ1v) is 26.6. The quantitative estimate of drug-likeness (QED) is 0.0262. The molecular weight excluding hydrogens is 779 g/mol. The summed E-state index contributed by atoms with van der Waals surface area (Å²) in [5.74, 6) is -0.174. The van der Waals surface area contributed by atoms with Crippen LogP contribution in [0.25, 0.3) is 0 Å². The summed E-state index contributed by atoms with van der Waals surface area (Å²) >= 11 is 0. The van der Waals surface area contributed by atoms with Crippen molar-refractivity contribution >= 4 is 5.91 Å². The topological polar surface area (TPSA) is 149 Å². The molecule has 1 fully saturated rings. The van der Waals surface area contributed by atoms with Gasteiger partial charge in [0.25, 0.3) is 0 Å². The van der Waals surface area contributed by atoms with E-state index in [0.717, 1.165) is 38.5 Å². The van der Waals surface area contributed by atoms with Gasteiger partial charge in [-0.25, -0.2) is 0 Å². The zero-order chi connectivity index (χ0) is 45.1. The molecular formula is C53H101NO8. The molecule has 7 atom stereocenters. The molecule has 0 aromatic heterocycles. The molecule has 6 N–H and O–H groups in total. The van der Waals surface area contributed by atoms with Crippen LogP contribution in [-0.2, 0) is 14.3 Å². The molecule has 9 nitrogen and oxygen atoms in total. The number of unbranched alkanes of at least 4 members (excludes halogenated alkanes) is 33. The van der Waals surface area contributed by atoms with E-state index in [1.165, 1.54) is 193 Å². The van der Waals surface area contributed by atoms with Crippen molar-refractivity contribution in [3.8, 4) is 0 Å². The second-order valence-corrected chi connectivity index (χ2v) is 18.7. The Balaban J connectivity index is 2.25. The summed E-state index contributed by atoms with van der Waals surface area (Å²) in [5, 5.41) is 54.4. The summed E-state index contributed by atoms with van der Waals surface area (Å²) in [5.41, 5.74) is 0. The summed E-state index contributed by atoms with van der Waals surface area (Å²) in [6.45, 7) is 3.79. The molecule has 1 heterocycles. The van der Waals surface area contributed by atoms with Crippen LogP contribution >= 0.6 is 0 Å². The highest BCUT2D eigenvalue weighted by Crippen LogP contribution is 2.23. The van der Waals surface area contributed by atoms with Crippen LogP contribution < -0.4 is 5.32 Å². The molecule has 0 aromatic rings. The Morgan fingerprint density at radius 1 is 0.532 bits per heavy atom. The Morgan fingerprint density at radius 3 is 1.31 bits per heavy atom. The number of carbonyl (C=O) groups is 1. The van der Waals surface area contributed by atoms with Crippen molar-refractivity contribution in [3.05, 3.63) is 24.3 Å². The largest absolute Gasteiger partial charge is 0.394 e. The lowest BCUT2D eigenvalue weighted by atomic mass is 9.99. The van der Waals surface area contributed by atoms with Crippen molar-refractivity contribution in [1.82, 2.24) is 5.32 Å². The fraction of sp³-hybridized carbons (Fsp3) is 0.906. The summed E-state index contributed by atoms with van der Waals surface area (Å²) in [7, 11) is 0. The van der Waals surface area contributed by atoms with Crippen molar-refractivity contribution in [1.29, 1.82) is 0 Å². The van der Waals surface area contributed by atoms with Crippen molar-refractivity contribution in [2.45, 2.75) is 294 Å². The first-order chi connectivity index (χ1) is 30.3. The van der Waals surface area contributed by atoms with Crippen LogP contribution in [-0.4, -0.2) is 87.5 Å². The van der Waals surface area contributed by atoms with Crippen molar-refractivity contribution in [3.63, 3.8) is 0 Å². The van der Waals surface area contributed by atoms with Crippen molar-refractivity contribution < 1.29 is 39.8 Å². The highest BCUT2D eigenvalue weighted by Gasteiger charge is 2.44. The Kier molecular flexibility index (Phi) is 41.2. The number of nitrogens with one attached hydrogen (secondary N) is 1. The van der Waals surface area contributed by atoms with E-state index in [-0.39, 0.29) is 12.5 Å². The van der Waals surface area contributed by atoms with Gasteiger partial charge in [-0.2, -0.15) is 0 Å². The average Bonchev–Trinajstić information content (AvgIpc) is 3.27. The summed E-state index contributed by atoms with van der Waals surface area (Å²) in [6.07, 6.45) is 46.5. The minimum atomic E-state index is -1.56. The molecule has 1 aliphatic rings. The molecule has 0 aromatic carbocycles. The van der Waals surface area contributed by atoms with E-state index >= 15 is 0 Å². The molecule has 9 heteroatoms. The molecule has 0 bridgehead atoms. The second kappa shape index (κ2) is 43.6. The minimum Gasteiger partial charge on any atom is -0.394 e. The number of allylic oxidation sites excluding steroid dienone is 3. The number of carbonyl (C=O) groups excluding carboxylic acids is 1. The van der Waals surface area contributed by atoms with E-state index in [0.29, 0.717) is 6.42 Å². The third-order valence-corrected chi connectivity index (χ3v) is 12.8. The lowest BCUT2D eigenvalue weighted by molar-refractivity contribution is -0.302. The molecule has 1 saturated heterocycles. The van der Waals surface area contributed by atoms with Gasteiger partial charge in [0.15, 0.2) is 6.29 Å². The summed E-state index contributed by atoms with van der Waals surface area (Å²) in [6, 6.07) is -0.802. The first-order valence-electron chi connectivity index (χ1n) is 26.6. The standard InChI is InChI=1S/C53H101NO8/c1-3-5-7-9-11-13-15-17-19-21-22-23-24-25-26-27-29-31-33-35-37-39-41-43-49(57)54-46(45-61-53-52(60)51(59)50(58)48(44-55)62-53)47(56)42-40-38-36-34-32-30-28-20-18-16-14-12-10-8-6-4-2/h17,19,40,42,46-48,50-53,55-56,58-60H,3-16,18,20-39,41,43-45H2,1-2H3,(H,54,57)/b19-17+,42-40+/t46-,47+,48-,50-,51?,52?,53-/m0/s1. The number of aliphatic hydroxyl groups is 5. The molecule has 62 heavy (non-hydrogen) atoms. The van der Waals surface area contributed by atoms with Gasteiger partial charge in [-0.15, -0.1) is 0 Å². The van der Waals surface area contributed by atoms with Gasteiger partial charge >= 0.3 is 0 Å². The minimum absolute atomic E-state index is 0.174. The molecule has 2 unspecified atom stereocenters. The molecule has 0 radical (unpaired) electrons. The van der Waals surface area contributed by atoms with Gasteiger partial charge in [0, 0.05) is 6.42 Å². The number of rotatable bonds is 45. The summed E-state index contributed by atoms with van der Waals surface area (Å²) < 4.78 is 11.2. The maximum absolute atomic E-state index is 13.0. The van der Waals surface area contributed by atoms with Gasteiger partial charge in [-0.1, -0.05) is 224 Å². The Labute approximate surface area is 381 Å². The normalized spacial score (nSPS) is 20.4. The zero-order valence-corrected chi connectivity index (χ0v) is 40.4. The van der Waals surface area contributed by atoms with Crippen LogP contribution in [0.1, 0.15) is 251 Å². The smallest absolute Gasteiger partial charge is 0.220 e.